The average molecular weight is 596 g/mol. The molecule has 10 atom stereocenters. The van der Waals surface area contributed by atoms with Crippen molar-refractivity contribution in [2.24, 2.45) is 0 Å². The van der Waals surface area contributed by atoms with Gasteiger partial charge in [-0.3, -0.25) is 20.2 Å². The number of hydrogen-bond acceptors (Lipinski definition) is 17. The maximum atomic E-state index is 11.8. The lowest BCUT2D eigenvalue weighted by molar-refractivity contribution is -0.393. The number of anilines is 1. The van der Waals surface area contributed by atoms with E-state index in [2.05, 4.69) is 0 Å². The van der Waals surface area contributed by atoms with Gasteiger partial charge in [-0.05, 0) is 6.07 Å². The number of ether oxygens (including phenoxy) is 4. The first-order valence-corrected chi connectivity index (χ1v) is 12.4. The number of aliphatic hydroxyl groups excluding tert-OH is 8. The lowest BCUT2D eigenvalue weighted by atomic mass is 9.99. The molecule has 3 rings (SSSR count). The van der Waals surface area contributed by atoms with Crippen LogP contribution in [0.5, 0.6) is 0 Å². The number of benzene rings is 1. The van der Waals surface area contributed by atoms with Crippen molar-refractivity contribution in [3.8, 4) is 0 Å². The minimum atomic E-state index is -1.78. The summed E-state index contributed by atoms with van der Waals surface area (Å²) in [7, 11) is 0. The first kappa shape index (κ1) is 32.8. The fourth-order valence-corrected chi connectivity index (χ4v) is 4.54. The summed E-state index contributed by atoms with van der Waals surface area (Å²) in [6.07, 6.45) is -15.4. The highest BCUT2D eigenvalue weighted by Crippen LogP contribution is 2.32. The van der Waals surface area contributed by atoms with E-state index in [9.17, 15) is 61.1 Å². The van der Waals surface area contributed by atoms with Crippen LogP contribution in [0.3, 0.4) is 0 Å². The van der Waals surface area contributed by atoms with Crippen LogP contribution >= 0.6 is 0 Å². The van der Waals surface area contributed by atoms with Gasteiger partial charge in [-0.15, -0.1) is 0 Å². The summed E-state index contributed by atoms with van der Waals surface area (Å²) in [5, 5.41) is 102. The molecule has 2 heterocycles. The molecule has 0 radical (unpaired) electrons. The Balaban J connectivity index is 1.79. The Hall–Kier alpha value is -2.66. The molecule has 2 fully saturated rings. The molecule has 0 saturated carbocycles. The molecule has 0 amide bonds. The molecule has 0 spiro atoms. The predicted octanol–water partition coefficient (Wildman–Crippen LogP) is -4.06. The maximum absolute atomic E-state index is 11.8. The third-order valence-corrected chi connectivity index (χ3v) is 6.73. The van der Waals surface area contributed by atoms with Gasteiger partial charge in [0.25, 0.3) is 11.4 Å². The minimum Gasteiger partial charge on any atom is -0.394 e. The van der Waals surface area contributed by atoms with E-state index in [0.29, 0.717) is 0 Å². The van der Waals surface area contributed by atoms with Crippen LogP contribution in [0, 0.1) is 20.2 Å². The predicted molar refractivity (Wildman–Crippen MR) is 131 cm³/mol. The van der Waals surface area contributed by atoms with Crippen LogP contribution in [0.15, 0.2) is 18.2 Å². The maximum Gasteiger partial charge on any atom is 0.299 e. The second-order valence-corrected chi connectivity index (χ2v) is 9.30. The highest BCUT2D eigenvalue weighted by atomic mass is 16.7. The fraction of sp³-hybridized carbons (Fsp3) is 0.727. The normalized spacial score (nSPS) is 33.9. The summed E-state index contributed by atoms with van der Waals surface area (Å²) in [5.41, 5.74) is -1.29. The van der Waals surface area contributed by atoms with Gasteiger partial charge in [0.15, 0.2) is 12.6 Å². The lowest BCUT2D eigenvalue weighted by Crippen LogP contribution is -2.59. The van der Waals surface area contributed by atoms with Crippen molar-refractivity contribution >= 4 is 17.1 Å². The van der Waals surface area contributed by atoms with Gasteiger partial charge in [-0.1, -0.05) is 0 Å². The van der Waals surface area contributed by atoms with Crippen molar-refractivity contribution in [2.75, 3.05) is 44.4 Å². The van der Waals surface area contributed by atoms with Crippen molar-refractivity contribution in [3.05, 3.63) is 38.4 Å². The molecule has 232 valence electrons. The van der Waals surface area contributed by atoms with Crippen molar-refractivity contribution < 1.29 is 69.6 Å². The molecule has 2 saturated heterocycles. The van der Waals surface area contributed by atoms with Gasteiger partial charge in [0.2, 0.25) is 0 Å². The molecule has 41 heavy (non-hydrogen) atoms. The molecule has 1 aromatic carbocycles. The van der Waals surface area contributed by atoms with Crippen LogP contribution in [0.1, 0.15) is 0 Å². The van der Waals surface area contributed by atoms with Gasteiger partial charge >= 0.3 is 0 Å². The molecule has 8 N–H and O–H groups in total. The van der Waals surface area contributed by atoms with Gasteiger partial charge < -0.3 is 64.7 Å². The first-order chi connectivity index (χ1) is 19.4. The highest BCUT2D eigenvalue weighted by Gasteiger charge is 2.45. The summed E-state index contributed by atoms with van der Waals surface area (Å²) < 4.78 is 21.2. The Labute approximate surface area is 231 Å². The number of aliphatic hydroxyl groups is 8. The fourth-order valence-electron chi connectivity index (χ4n) is 4.54. The zero-order chi connectivity index (χ0) is 30.4. The van der Waals surface area contributed by atoms with Gasteiger partial charge in [0.05, 0.1) is 42.3 Å². The summed E-state index contributed by atoms with van der Waals surface area (Å²) in [6.45, 7) is -2.35. The quantitative estimate of drug-likeness (QED) is 0.0795. The average Bonchev–Trinajstić information content (AvgIpc) is 2.95. The number of rotatable bonds is 13. The van der Waals surface area contributed by atoms with Crippen LogP contribution in [-0.4, -0.2) is 152 Å². The van der Waals surface area contributed by atoms with Gasteiger partial charge in [-0.2, -0.15) is 0 Å². The van der Waals surface area contributed by atoms with Crippen LogP contribution < -0.4 is 4.90 Å². The molecule has 0 bridgehead atoms. The standard InChI is InChI=1S/C22H33N3O16/c26-8-13-19(15(28)17(30)21(32)40-13)38-5-3-23(11-2-1-10(24(34)35)7-12(11)25(36)37)4-6-39-20-14(9-27)41-22(33)18(31)16(20)29/h1-2,7,13-22,26-33H,3-6,8-9H2/t13-,14-,15-,16-,17-,18-,19-,20-,21?,22?/m1/s1. The Morgan fingerprint density at radius 1 is 0.756 bits per heavy atom. The zero-order valence-corrected chi connectivity index (χ0v) is 21.4. The van der Waals surface area contributed by atoms with E-state index in [-0.39, 0.29) is 32.0 Å². The van der Waals surface area contributed by atoms with E-state index in [4.69, 9.17) is 18.9 Å². The first-order valence-electron chi connectivity index (χ1n) is 12.4. The number of nitrogens with zero attached hydrogens (tertiary/aromatic N) is 3. The van der Waals surface area contributed by atoms with Gasteiger partial charge in [-0.25, -0.2) is 0 Å². The monoisotopic (exact) mass is 595 g/mol. The van der Waals surface area contributed by atoms with E-state index in [0.717, 1.165) is 18.2 Å². The number of hydrogen-bond donors (Lipinski definition) is 8. The number of nitro benzene ring substituents is 2. The second-order valence-electron chi connectivity index (χ2n) is 9.30. The summed E-state index contributed by atoms with van der Waals surface area (Å²) >= 11 is 0. The van der Waals surface area contributed by atoms with E-state index in [1.165, 1.54) is 4.90 Å². The van der Waals surface area contributed by atoms with E-state index < -0.39 is 95.8 Å². The van der Waals surface area contributed by atoms with Crippen molar-refractivity contribution in [1.82, 2.24) is 0 Å². The molecule has 2 aliphatic heterocycles. The molecule has 19 heteroatoms. The van der Waals surface area contributed by atoms with Crippen LogP contribution in [0.4, 0.5) is 17.1 Å². The Morgan fingerprint density at radius 3 is 1.61 bits per heavy atom. The molecule has 0 aliphatic carbocycles. The van der Waals surface area contributed by atoms with Crippen LogP contribution in [0.2, 0.25) is 0 Å². The molecule has 0 aromatic heterocycles. The van der Waals surface area contributed by atoms with E-state index in [1.807, 2.05) is 0 Å². The minimum absolute atomic E-state index is 0.1000. The molecule has 1 aromatic rings. The van der Waals surface area contributed by atoms with Crippen LogP contribution in [0.25, 0.3) is 0 Å². The van der Waals surface area contributed by atoms with E-state index in [1.54, 1.807) is 0 Å². The number of non-ortho nitro benzene ring substituents is 1. The molecule has 19 nitrogen and oxygen atoms in total. The smallest absolute Gasteiger partial charge is 0.299 e. The lowest BCUT2D eigenvalue weighted by Gasteiger charge is -2.40. The summed E-state index contributed by atoms with van der Waals surface area (Å²) in [6, 6.07) is 2.91. The molecular formula is C22H33N3O16. The topological polar surface area (TPSA) is 288 Å². The van der Waals surface area contributed by atoms with Crippen molar-refractivity contribution in [2.45, 2.75) is 61.4 Å². The van der Waals surface area contributed by atoms with E-state index >= 15 is 0 Å². The Morgan fingerprint density at radius 2 is 1.22 bits per heavy atom. The molecule has 2 aliphatic rings. The third kappa shape index (κ3) is 7.60. The van der Waals surface area contributed by atoms with Gasteiger partial charge in [0.1, 0.15) is 54.5 Å². The summed E-state index contributed by atoms with van der Waals surface area (Å²) in [5.74, 6) is 0. The third-order valence-electron chi connectivity index (χ3n) is 6.73. The molecular weight excluding hydrogens is 562 g/mol. The van der Waals surface area contributed by atoms with Crippen LogP contribution in [-0.2, 0) is 18.9 Å². The van der Waals surface area contributed by atoms with Crippen molar-refractivity contribution in [1.29, 1.82) is 0 Å². The Kier molecular flexibility index (Phi) is 11.6. The second kappa shape index (κ2) is 14.5. The Bertz CT molecular complexity index is 989. The van der Waals surface area contributed by atoms with Gasteiger partial charge in [0, 0.05) is 19.2 Å². The SMILES string of the molecule is O=[N+]([O-])c1ccc(N(CCO[C@H]2[C@H](O)[C@@H](O)C(O)O[C@@H]2CO)CCO[C@H]2[C@H](O)[C@@H](O)C(O)O[C@@H]2CO)c([N+](=O)[O-])c1. The zero-order valence-electron chi connectivity index (χ0n) is 21.4. The molecule has 2 unspecified atom stereocenters. The summed E-state index contributed by atoms with van der Waals surface area (Å²) in [4.78, 5) is 22.6. The number of nitro groups is 2. The van der Waals surface area contributed by atoms with Crippen molar-refractivity contribution in [3.63, 3.8) is 0 Å². The largest absolute Gasteiger partial charge is 0.394 e. The highest BCUT2D eigenvalue weighted by molar-refractivity contribution is 5.66.